The van der Waals surface area contributed by atoms with Gasteiger partial charge in [0.05, 0.1) is 0 Å². The number of hydrogen-bond donors (Lipinski definition) is 0. The third-order valence-electron chi connectivity index (χ3n) is 3.51. The SMILES string of the molecule is CCC1CC(C)C(F)(F)C(C)(F)C1(F)F. The first-order valence-electron chi connectivity index (χ1n) is 5.03. The average Bonchev–Trinajstić information content (AvgIpc) is 2.10. The molecular formula is C10H15F5. The van der Waals surface area contributed by atoms with Crippen molar-refractivity contribution in [2.75, 3.05) is 0 Å². The Hall–Kier alpha value is -0.350. The molecule has 3 atom stereocenters. The minimum absolute atomic E-state index is 0.00687. The van der Waals surface area contributed by atoms with Gasteiger partial charge in [0.2, 0.25) is 5.67 Å². The highest BCUT2D eigenvalue weighted by Gasteiger charge is 2.73. The van der Waals surface area contributed by atoms with Crippen LogP contribution in [-0.4, -0.2) is 17.5 Å². The first kappa shape index (κ1) is 12.7. The van der Waals surface area contributed by atoms with Gasteiger partial charge in [-0.05, 0) is 19.8 Å². The maximum atomic E-state index is 13.6. The van der Waals surface area contributed by atoms with Crippen LogP contribution in [-0.2, 0) is 0 Å². The zero-order valence-corrected chi connectivity index (χ0v) is 8.96. The second kappa shape index (κ2) is 3.32. The zero-order chi connectivity index (χ0) is 12.1. The van der Waals surface area contributed by atoms with Crippen LogP contribution in [0.3, 0.4) is 0 Å². The summed E-state index contributed by atoms with van der Waals surface area (Å²) in [4.78, 5) is 0. The molecule has 1 aliphatic rings. The molecule has 0 spiro atoms. The molecule has 1 fully saturated rings. The van der Waals surface area contributed by atoms with Gasteiger partial charge in [0.25, 0.3) is 11.8 Å². The van der Waals surface area contributed by atoms with Crippen LogP contribution in [0.4, 0.5) is 22.0 Å². The topological polar surface area (TPSA) is 0 Å². The van der Waals surface area contributed by atoms with Gasteiger partial charge in [-0.15, -0.1) is 0 Å². The highest BCUT2D eigenvalue weighted by atomic mass is 19.3. The molecule has 15 heavy (non-hydrogen) atoms. The molecule has 0 bridgehead atoms. The fraction of sp³-hybridized carbons (Fsp3) is 1.00. The van der Waals surface area contributed by atoms with Crippen molar-refractivity contribution in [2.45, 2.75) is 51.1 Å². The van der Waals surface area contributed by atoms with E-state index in [0.717, 1.165) is 6.92 Å². The molecule has 5 heteroatoms. The molecule has 0 amide bonds. The zero-order valence-electron chi connectivity index (χ0n) is 8.96. The Morgan fingerprint density at radius 2 is 1.53 bits per heavy atom. The van der Waals surface area contributed by atoms with Crippen molar-refractivity contribution in [1.29, 1.82) is 0 Å². The maximum absolute atomic E-state index is 13.6. The van der Waals surface area contributed by atoms with Crippen LogP contribution in [0.25, 0.3) is 0 Å². The summed E-state index contributed by atoms with van der Waals surface area (Å²) < 4.78 is 67.2. The number of hydrogen-bond acceptors (Lipinski definition) is 0. The second-order valence-electron chi connectivity index (χ2n) is 4.49. The molecule has 90 valence electrons. The third kappa shape index (κ3) is 1.46. The van der Waals surface area contributed by atoms with Gasteiger partial charge in [0.15, 0.2) is 0 Å². The second-order valence-corrected chi connectivity index (χ2v) is 4.49. The first-order valence-corrected chi connectivity index (χ1v) is 5.03. The summed E-state index contributed by atoms with van der Waals surface area (Å²) in [6.45, 7) is 2.89. The van der Waals surface area contributed by atoms with Gasteiger partial charge in [0.1, 0.15) is 0 Å². The van der Waals surface area contributed by atoms with Gasteiger partial charge >= 0.3 is 0 Å². The van der Waals surface area contributed by atoms with E-state index in [0.29, 0.717) is 6.92 Å². The molecular weight excluding hydrogens is 215 g/mol. The van der Waals surface area contributed by atoms with Crippen molar-refractivity contribution < 1.29 is 22.0 Å². The number of halogens is 5. The van der Waals surface area contributed by atoms with Gasteiger partial charge in [0, 0.05) is 11.8 Å². The smallest absolute Gasteiger partial charge is 0.231 e. The molecule has 3 unspecified atom stereocenters. The van der Waals surface area contributed by atoms with Gasteiger partial charge in [-0.1, -0.05) is 13.8 Å². The van der Waals surface area contributed by atoms with Gasteiger partial charge < -0.3 is 0 Å². The normalized spacial score (nSPS) is 44.0. The predicted octanol–water partition coefficient (Wildman–Crippen LogP) is 4.05. The van der Waals surface area contributed by atoms with E-state index in [1.807, 2.05) is 0 Å². The Bertz CT molecular complexity index is 246. The molecule has 0 radical (unpaired) electrons. The predicted molar refractivity (Wildman–Crippen MR) is 47.0 cm³/mol. The highest BCUT2D eigenvalue weighted by molar-refractivity contribution is 5.09. The van der Waals surface area contributed by atoms with Crippen LogP contribution in [0, 0.1) is 11.8 Å². The molecule has 1 saturated carbocycles. The molecule has 0 heterocycles. The van der Waals surface area contributed by atoms with Crippen LogP contribution in [0.5, 0.6) is 0 Å². The van der Waals surface area contributed by atoms with Crippen molar-refractivity contribution in [3.63, 3.8) is 0 Å². The van der Waals surface area contributed by atoms with E-state index < -0.39 is 29.3 Å². The van der Waals surface area contributed by atoms with E-state index in [2.05, 4.69) is 0 Å². The lowest BCUT2D eigenvalue weighted by Gasteiger charge is -2.48. The summed E-state index contributed by atoms with van der Waals surface area (Å²) in [5.74, 6) is -10.6. The minimum Gasteiger partial charge on any atom is -0.231 e. The van der Waals surface area contributed by atoms with Crippen molar-refractivity contribution in [2.24, 2.45) is 11.8 Å². The molecule has 0 N–H and O–H groups in total. The molecule has 1 aliphatic carbocycles. The van der Waals surface area contributed by atoms with E-state index in [1.54, 1.807) is 0 Å². The molecule has 0 nitrogen and oxygen atoms in total. The fourth-order valence-corrected chi connectivity index (χ4v) is 2.21. The lowest BCUT2D eigenvalue weighted by molar-refractivity contribution is -0.304. The quantitative estimate of drug-likeness (QED) is 0.596. The van der Waals surface area contributed by atoms with Crippen LogP contribution in [0.2, 0.25) is 0 Å². The third-order valence-corrected chi connectivity index (χ3v) is 3.51. The molecule has 1 rings (SSSR count). The molecule has 0 aromatic rings. The van der Waals surface area contributed by atoms with Crippen LogP contribution in [0.15, 0.2) is 0 Å². The van der Waals surface area contributed by atoms with Gasteiger partial charge in [-0.3, -0.25) is 0 Å². The lowest BCUT2D eigenvalue weighted by atomic mass is 9.68. The Kier molecular flexibility index (Phi) is 2.81. The van der Waals surface area contributed by atoms with E-state index in [9.17, 15) is 22.0 Å². The molecule has 0 saturated heterocycles. The van der Waals surface area contributed by atoms with E-state index >= 15 is 0 Å². The summed E-state index contributed by atoms with van der Waals surface area (Å²) in [6.07, 6.45) is -0.330. The molecule has 0 aromatic carbocycles. The van der Waals surface area contributed by atoms with Gasteiger partial charge in [-0.2, -0.15) is 0 Å². The van der Waals surface area contributed by atoms with Crippen molar-refractivity contribution >= 4 is 0 Å². The maximum Gasteiger partial charge on any atom is 0.289 e. The van der Waals surface area contributed by atoms with Crippen LogP contribution in [0.1, 0.15) is 33.6 Å². The van der Waals surface area contributed by atoms with Crippen molar-refractivity contribution in [3.8, 4) is 0 Å². The van der Waals surface area contributed by atoms with Crippen LogP contribution >= 0.6 is 0 Å². The Morgan fingerprint density at radius 3 is 1.93 bits per heavy atom. The first-order chi connectivity index (χ1) is 6.59. The summed E-state index contributed by atoms with van der Waals surface area (Å²) >= 11 is 0. The number of rotatable bonds is 1. The molecule has 0 aromatic heterocycles. The lowest BCUT2D eigenvalue weighted by Crippen LogP contribution is -2.64. The van der Waals surface area contributed by atoms with E-state index in [-0.39, 0.29) is 12.8 Å². The average molecular weight is 230 g/mol. The number of alkyl halides is 5. The Morgan fingerprint density at radius 1 is 1.07 bits per heavy atom. The monoisotopic (exact) mass is 230 g/mol. The van der Waals surface area contributed by atoms with Gasteiger partial charge in [-0.25, -0.2) is 22.0 Å². The highest BCUT2D eigenvalue weighted by Crippen LogP contribution is 2.57. The van der Waals surface area contributed by atoms with E-state index in [1.165, 1.54) is 6.92 Å². The van der Waals surface area contributed by atoms with Crippen molar-refractivity contribution in [3.05, 3.63) is 0 Å². The summed E-state index contributed by atoms with van der Waals surface area (Å²) in [5, 5.41) is 0. The van der Waals surface area contributed by atoms with E-state index in [4.69, 9.17) is 0 Å². The fourth-order valence-electron chi connectivity index (χ4n) is 2.21. The largest absolute Gasteiger partial charge is 0.289 e. The van der Waals surface area contributed by atoms with Crippen molar-refractivity contribution in [1.82, 2.24) is 0 Å². The minimum atomic E-state index is -3.97. The summed E-state index contributed by atoms with van der Waals surface area (Å²) in [6, 6.07) is 0. The Labute approximate surface area is 85.8 Å². The molecule has 0 aliphatic heterocycles. The summed E-state index contributed by atoms with van der Waals surface area (Å²) in [7, 11) is 0. The van der Waals surface area contributed by atoms with Crippen LogP contribution < -0.4 is 0 Å². The standard InChI is InChI=1S/C10H15F5/c1-4-7-5-6(2)9(12,13)8(3,11)10(7,14)15/h6-7H,4-5H2,1-3H3. The summed E-state index contributed by atoms with van der Waals surface area (Å²) in [5.41, 5.74) is -3.75. The Balaban J connectivity index is 3.16.